The Morgan fingerprint density at radius 3 is 3.00 bits per heavy atom. The molecule has 0 saturated heterocycles. The topological polar surface area (TPSA) is 59.3 Å². The standard InChI is InChI=1S/C11H15N3O2/c1-13(8-6-9-4-5-9)11-10(14(15)16)3-2-7-12-11/h2-3,7,9H,4-6,8H2,1H3. The van der Waals surface area contributed by atoms with Crippen LogP contribution in [0.5, 0.6) is 0 Å². The van der Waals surface area contributed by atoms with Crippen LogP contribution in [0.4, 0.5) is 11.5 Å². The van der Waals surface area contributed by atoms with Gasteiger partial charge in [0.25, 0.3) is 0 Å². The Labute approximate surface area is 94.2 Å². The van der Waals surface area contributed by atoms with Crippen molar-refractivity contribution in [2.45, 2.75) is 19.3 Å². The molecule has 86 valence electrons. The number of hydrogen-bond donors (Lipinski definition) is 0. The van der Waals surface area contributed by atoms with E-state index in [1.165, 1.54) is 18.9 Å². The molecule has 1 heterocycles. The Hall–Kier alpha value is -1.65. The average molecular weight is 221 g/mol. The zero-order chi connectivity index (χ0) is 11.5. The highest BCUT2D eigenvalue weighted by atomic mass is 16.6. The highest BCUT2D eigenvalue weighted by Gasteiger charge is 2.23. The number of nitrogens with zero attached hydrogens (tertiary/aromatic N) is 3. The summed E-state index contributed by atoms with van der Waals surface area (Å²) < 4.78 is 0. The van der Waals surface area contributed by atoms with Crippen molar-refractivity contribution in [2.24, 2.45) is 5.92 Å². The highest BCUT2D eigenvalue weighted by Crippen LogP contribution is 2.33. The van der Waals surface area contributed by atoms with Crippen LogP contribution in [-0.2, 0) is 0 Å². The molecule has 1 aliphatic rings. The number of rotatable bonds is 5. The maximum atomic E-state index is 10.8. The number of anilines is 1. The predicted octanol–water partition coefficient (Wildman–Crippen LogP) is 2.23. The van der Waals surface area contributed by atoms with Crippen molar-refractivity contribution in [3.63, 3.8) is 0 Å². The molecule has 0 amide bonds. The Morgan fingerprint density at radius 1 is 1.62 bits per heavy atom. The van der Waals surface area contributed by atoms with Gasteiger partial charge in [-0.25, -0.2) is 4.98 Å². The Kier molecular flexibility index (Phi) is 3.03. The van der Waals surface area contributed by atoms with Gasteiger partial charge in [-0.1, -0.05) is 12.8 Å². The van der Waals surface area contributed by atoms with Crippen molar-refractivity contribution < 1.29 is 4.92 Å². The van der Waals surface area contributed by atoms with E-state index in [9.17, 15) is 10.1 Å². The van der Waals surface area contributed by atoms with E-state index in [0.29, 0.717) is 5.82 Å². The SMILES string of the molecule is CN(CCC1CC1)c1ncccc1[N+](=O)[O-]. The molecule has 0 aromatic carbocycles. The van der Waals surface area contributed by atoms with Crippen LogP contribution in [0, 0.1) is 16.0 Å². The van der Waals surface area contributed by atoms with Crippen LogP contribution < -0.4 is 4.90 Å². The molecule has 0 radical (unpaired) electrons. The van der Waals surface area contributed by atoms with Crippen LogP contribution in [0.1, 0.15) is 19.3 Å². The molecule has 0 bridgehead atoms. The summed E-state index contributed by atoms with van der Waals surface area (Å²) in [5.41, 5.74) is 0.0841. The first-order chi connectivity index (χ1) is 7.68. The van der Waals surface area contributed by atoms with Crippen molar-refractivity contribution in [3.05, 3.63) is 28.4 Å². The lowest BCUT2D eigenvalue weighted by Gasteiger charge is -2.17. The number of pyridine rings is 1. The van der Waals surface area contributed by atoms with Gasteiger partial charge in [-0.3, -0.25) is 10.1 Å². The second-order valence-electron chi connectivity index (χ2n) is 4.26. The van der Waals surface area contributed by atoms with E-state index in [0.717, 1.165) is 18.9 Å². The summed E-state index contributed by atoms with van der Waals surface area (Å²) in [4.78, 5) is 16.4. The van der Waals surface area contributed by atoms with Crippen molar-refractivity contribution in [3.8, 4) is 0 Å². The molecule has 5 nitrogen and oxygen atoms in total. The third-order valence-corrected chi connectivity index (χ3v) is 2.89. The van der Waals surface area contributed by atoms with E-state index in [-0.39, 0.29) is 10.6 Å². The van der Waals surface area contributed by atoms with E-state index in [1.807, 2.05) is 11.9 Å². The molecule has 1 aliphatic carbocycles. The van der Waals surface area contributed by atoms with E-state index in [4.69, 9.17) is 0 Å². The lowest BCUT2D eigenvalue weighted by atomic mass is 10.2. The summed E-state index contributed by atoms with van der Waals surface area (Å²) in [5.74, 6) is 1.29. The molecular weight excluding hydrogens is 206 g/mol. The third-order valence-electron chi connectivity index (χ3n) is 2.89. The Balaban J connectivity index is 2.07. The largest absolute Gasteiger partial charge is 0.354 e. The molecule has 16 heavy (non-hydrogen) atoms. The van der Waals surface area contributed by atoms with Gasteiger partial charge in [-0.15, -0.1) is 0 Å². The molecule has 1 saturated carbocycles. The first-order valence-corrected chi connectivity index (χ1v) is 5.49. The molecule has 2 rings (SSSR count). The molecule has 1 aromatic heterocycles. The Bertz CT molecular complexity index is 391. The van der Waals surface area contributed by atoms with Crippen LogP contribution >= 0.6 is 0 Å². The molecule has 0 spiro atoms. The van der Waals surface area contributed by atoms with Gasteiger partial charge >= 0.3 is 5.69 Å². The van der Waals surface area contributed by atoms with E-state index < -0.39 is 0 Å². The Morgan fingerprint density at radius 2 is 2.38 bits per heavy atom. The molecule has 1 fully saturated rings. The maximum Gasteiger partial charge on any atom is 0.311 e. The van der Waals surface area contributed by atoms with Crippen LogP contribution in [-0.4, -0.2) is 23.5 Å². The summed E-state index contributed by atoms with van der Waals surface area (Å²) in [6, 6.07) is 3.09. The first kappa shape index (κ1) is 10.9. The third kappa shape index (κ3) is 2.48. The summed E-state index contributed by atoms with van der Waals surface area (Å²) in [7, 11) is 1.86. The van der Waals surface area contributed by atoms with Crippen LogP contribution in [0.3, 0.4) is 0 Å². The zero-order valence-corrected chi connectivity index (χ0v) is 9.30. The maximum absolute atomic E-state index is 10.8. The number of hydrogen-bond acceptors (Lipinski definition) is 4. The summed E-state index contributed by atoms with van der Waals surface area (Å²) in [6.07, 6.45) is 5.30. The fourth-order valence-corrected chi connectivity index (χ4v) is 1.71. The highest BCUT2D eigenvalue weighted by molar-refractivity contribution is 5.56. The molecule has 0 N–H and O–H groups in total. The van der Waals surface area contributed by atoms with Crippen molar-refractivity contribution in [2.75, 3.05) is 18.5 Å². The minimum absolute atomic E-state index is 0.0841. The van der Waals surface area contributed by atoms with Crippen molar-refractivity contribution in [1.82, 2.24) is 4.98 Å². The van der Waals surface area contributed by atoms with Crippen molar-refractivity contribution in [1.29, 1.82) is 0 Å². The molecule has 0 aliphatic heterocycles. The van der Waals surface area contributed by atoms with Gasteiger partial charge in [-0.2, -0.15) is 0 Å². The smallest absolute Gasteiger partial charge is 0.311 e. The first-order valence-electron chi connectivity index (χ1n) is 5.49. The monoisotopic (exact) mass is 221 g/mol. The van der Waals surface area contributed by atoms with Gasteiger partial charge < -0.3 is 4.90 Å². The van der Waals surface area contributed by atoms with Crippen molar-refractivity contribution >= 4 is 11.5 Å². The predicted molar refractivity (Wildman–Crippen MR) is 61.5 cm³/mol. The summed E-state index contributed by atoms with van der Waals surface area (Å²) in [6.45, 7) is 0.836. The second-order valence-corrected chi connectivity index (χ2v) is 4.26. The summed E-state index contributed by atoms with van der Waals surface area (Å²) in [5, 5.41) is 10.8. The summed E-state index contributed by atoms with van der Waals surface area (Å²) >= 11 is 0. The minimum atomic E-state index is -0.379. The molecule has 5 heteroatoms. The second kappa shape index (κ2) is 4.47. The van der Waals surface area contributed by atoms with Gasteiger partial charge in [0.1, 0.15) is 0 Å². The molecular formula is C11H15N3O2. The van der Waals surface area contributed by atoms with Crippen LogP contribution in [0.15, 0.2) is 18.3 Å². The average Bonchev–Trinajstić information content (AvgIpc) is 3.09. The van der Waals surface area contributed by atoms with Gasteiger partial charge in [0.2, 0.25) is 5.82 Å². The molecule has 1 aromatic rings. The normalized spacial score (nSPS) is 14.8. The lowest BCUT2D eigenvalue weighted by molar-refractivity contribution is -0.384. The van der Waals surface area contributed by atoms with Gasteiger partial charge in [-0.05, 0) is 18.4 Å². The number of aromatic nitrogens is 1. The zero-order valence-electron chi connectivity index (χ0n) is 9.30. The fraction of sp³-hybridized carbons (Fsp3) is 0.545. The quantitative estimate of drug-likeness (QED) is 0.565. The minimum Gasteiger partial charge on any atom is -0.354 e. The molecule has 0 atom stereocenters. The van der Waals surface area contributed by atoms with Crippen LogP contribution in [0.2, 0.25) is 0 Å². The van der Waals surface area contributed by atoms with E-state index in [1.54, 1.807) is 12.3 Å². The molecule has 0 unspecified atom stereocenters. The number of nitro groups is 1. The van der Waals surface area contributed by atoms with Crippen LogP contribution in [0.25, 0.3) is 0 Å². The van der Waals surface area contributed by atoms with Gasteiger partial charge in [0.15, 0.2) is 0 Å². The fourth-order valence-electron chi connectivity index (χ4n) is 1.71. The van der Waals surface area contributed by atoms with Gasteiger partial charge in [0, 0.05) is 25.9 Å². The van der Waals surface area contributed by atoms with E-state index >= 15 is 0 Å². The van der Waals surface area contributed by atoms with E-state index in [2.05, 4.69) is 4.98 Å². The lowest BCUT2D eigenvalue weighted by Crippen LogP contribution is -2.21. The van der Waals surface area contributed by atoms with Gasteiger partial charge in [0.05, 0.1) is 4.92 Å².